The molecule has 2 aromatic heterocycles. The molecule has 1 amide bonds. The number of benzene rings is 1. The molecule has 3 aromatic rings. The SMILES string of the molecule is Cc1cc(C(=O)NC2CCc3nn(C)c(=O)n3CC2)c2cccc(Cl)c2n1. The third-order valence-corrected chi connectivity index (χ3v) is 5.31. The van der Waals surface area contributed by atoms with Crippen LogP contribution in [0.2, 0.25) is 5.02 Å². The van der Waals surface area contributed by atoms with Crippen LogP contribution in [0.1, 0.15) is 34.7 Å². The Hall–Kier alpha value is -2.67. The van der Waals surface area contributed by atoms with Crippen molar-refractivity contribution in [3.8, 4) is 0 Å². The van der Waals surface area contributed by atoms with Gasteiger partial charge in [-0.15, -0.1) is 0 Å². The third-order valence-electron chi connectivity index (χ3n) is 5.00. The van der Waals surface area contributed by atoms with Gasteiger partial charge in [0.2, 0.25) is 0 Å². The Bertz CT molecular complexity index is 1100. The Labute approximate surface area is 161 Å². The molecule has 1 aromatic carbocycles. The minimum absolute atomic E-state index is 0.0217. The second-order valence-electron chi connectivity index (χ2n) is 6.92. The van der Waals surface area contributed by atoms with Crippen molar-refractivity contribution in [3.05, 3.63) is 56.9 Å². The van der Waals surface area contributed by atoms with Crippen LogP contribution in [0.15, 0.2) is 29.1 Å². The molecule has 3 heterocycles. The second kappa shape index (κ2) is 6.81. The van der Waals surface area contributed by atoms with Crippen molar-refractivity contribution in [1.82, 2.24) is 24.6 Å². The summed E-state index contributed by atoms with van der Waals surface area (Å²) in [7, 11) is 1.66. The van der Waals surface area contributed by atoms with Crippen molar-refractivity contribution < 1.29 is 4.79 Å². The normalized spacial score (nSPS) is 16.8. The van der Waals surface area contributed by atoms with E-state index in [4.69, 9.17) is 11.6 Å². The van der Waals surface area contributed by atoms with E-state index in [9.17, 15) is 9.59 Å². The van der Waals surface area contributed by atoms with Crippen LogP contribution in [-0.4, -0.2) is 31.3 Å². The molecule has 1 N–H and O–H groups in total. The van der Waals surface area contributed by atoms with Crippen molar-refractivity contribution in [3.63, 3.8) is 0 Å². The molecule has 1 aliphatic rings. The van der Waals surface area contributed by atoms with Gasteiger partial charge in [-0.3, -0.25) is 14.3 Å². The van der Waals surface area contributed by atoms with Crippen molar-refractivity contribution in [1.29, 1.82) is 0 Å². The Kier molecular flexibility index (Phi) is 4.47. The van der Waals surface area contributed by atoms with Gasteiger partial charge in [0.1, 0.15) is 5.82 Å². The first-order chi connectivity index (χ1) is 12.9. The number of fused-ring (bicyclic) bond motifs is 2. The maximum Gasteiger partial charge on any atom is 0.345 e. The Morgan fingerprint density at radius 3 is 2.96 bits per heavy atom. The van der Waals surface area contributed by atoms with E-state index in [0.29, 0.717) is 35.5 Å². The Morgan fingerprint density at radius 2 is 2.15 bits per heavy atom. The zero-order valence-corrected chi connectivity index (χ0v) is 16.0. The molecule has 0 aliphatic carbocycles. The number of halogens is 1. The summed E-state index contributed by atoms with van der Waals surface area (Å²) in [5.41, 5.74) is 1.83. The van der Waals surface area contributed by atoms with E-state index >= 15 is 0 Å². The number of pyridine rings is 1. The minimum Gasteiger partial charge on any atom is -0.349 e. The number of aromatic nitrogens is 4. The molecule has 140 valence electrons. The van der Waals surface area contributed by atoms with Crippen LogP contribution < -0.4 is 11.0 Å². The summed E-state index contributed by atoms with van der Waals surface area (Å²) in [6.07, 6.45) is 2.08. The van der Waals surface area contributed by atoms with Gasteiger partial charge in [-0.05, 0) is 31.9 Å². The predicted octanol–water partition coefficient (Wildman–Crippen LogP) is 2.23. The number of hydrogen-bond acceptors (Lipinski definition) is 4. The van der Waals surface area contributed by atoms with Crippen molar-refractivity contribution >= 4 is 28.4 Å². The van der Waals surface area contributed by atoms with Gasteiger partial charge in [0.05, 0.1) is 16.1 Å². The molecule has 0 fully saturated rings. The molecule has 7 nitrogen and oxygen atoms in total. The maximum atomic E-state index is 13.0. The number of carbonyl (C=O) groups is 1. The zero-order valence-electron chi connectivity index (χ0n) is 15.2. The molecule has 1 aliphatic heterocycles. The van der Waals surface area contributed by atoms with Gasteiger partial charge in [-0.2, -0.15) is 5.10 Å². The third kappa shape index (κ3) is 3.23. The first-order valence-corrected chi connectivity index (χ1v) is 9.31. The van der Waals surface area contributed by atoms with Gasteiger partial charge in [-0.25, -0.2) is 9.48 Å². The molecule has 0 radical (unpaired) electrons. The van der Waals surface area contributed by atoms with Gasteiger partial charge in [0, 0.05) is 37.1 Å². The summed E-state index contributed by atoms with van der Waals surface area (Å²) in [6, 6.07) is 7.21. The highest BCUT2D eigenvalue weighted by Crippen LogP contribution is 2.25. The van der Waals surface area contributed by atoms with Gasteiger partial charge >= 0.3 is 5.69 Å². The zero-order chi connectivity index (χ0) is 19.1. The van der Waals surface area contributed by atoms with Crippen LogP contribution in [-0.2, 0) is 20.0 Å². The second-order valence-corrected chi connectivity index (χ2v) is 7.33. The monoisotopic (exact) mass is 385 g/mol. The summed E-state index contributed by atoms with van der Waals surface area (Å²) in [5, 5.41) is 8.65. The highest BCUT2D eigenvalue weighted by atomic mass is 35.5. The highest BCUT2D eigenvalue weighted by Gasteiger charge is 2.22. The fourth-order valence-corrected chi connectivity index (χ4v) is 3.85. The van der Waals surface area contributed by atoms with E-state index in [1.165, 1.54) is 4.68 Å². The standard InChI is InChI=1S/C19H20ClN5O2/c1-11-10-14(13-4-3-5-15(20)17(13)21-11)18(26)22-12-6-7-16-23-24(2)19(27)25(16)9-8-12/h3-5,10,12H,6-9H2,1-2H3,(H,22,26). The van der Waals surface area contributed by atoms with Crippen molar-refractivity contribution in [2.75, 3.05) is 0 Å². The lowest BCUT2D eigenvalue weighted by Gasteiger charge is -2.17. The summed E-state index contributed by atoms with van der Waals surface area (Å²) < 4.78 is 3.06. The number of amides is 1. The minimum atomic E-state index is -0.148. The summed E-state index contributed by atoms with van der Waals surface area (Å²) in [4.78, 5) is 29.5. The van der Waals surface area contributed by atoms with Gasteiger partial charge in [0.25, 0.3) is 5.91 Å². The van der Waals surface area contributed by atoms with E-state index in [0.717, 1.165) is 23.3 Å². The van der Waals surface area contributed by atoms with E-state index in [2.05, 4.69) is 15.4 Å². The van der Waals surface area contributed by atoms with Gasteiger partial charge in [-0.1, -0.05) is 23.7 Å². The molecule has 1 unspecified atom stereocenters. The average Bonchev–Trinajstić information content (AvgIpc) is 2.79. The predicted molar refractivity (Wildman–Crippen MR) is 103 cm³/mol. The molecule has 0 spiro atoms. The van der Waals surface area contributed by atoms with E-state index in [1.54, 1.807) is 23.7 Å². The molecular weight excluding hydrogens is 366 g/mol. The summed E-state index contributed by atoms with van der Waals surface area (Å²) >= 11 is 6.25. The van der Waals surface area contributed by atoms with Crippen LogP contribution >= 0.6 is 11.6 Å². The molecule has 0 saturated heterocycles. The largest absolute Gasteiger partial charge is 0.349 e. The number of nitrogens with one attached hydrogen (secondary N) is 1. The molecule has 1 atom stereocenters. The number of hydrogen-bond donors (Lipinski definition) is 1. The molecule has 8 heteroatoms. The molecular formula is C19H20ClN5O2. The summed E-state index contributed by atoms with van der Waals surface area (Å²) in [6.45, 7) is 2.40. The van der Waals surface area contributed by atoms with Gasteiger partial charge < -0.3 is 5.32 Å². The lowest BCUT2D eigenvalue weighted by atomic mass is 10.0. The number of para-hydroxylation sites is 1. The molecule has 0 saturated carbocycles. The van der Waals surface area contributed by atoms with Crippen molar-refractivity contribution in [2.24, 2.45) is 7.05 Å². The fourth-order valence-electron chi connectivity index (χ4n) is 3.63. The summed E-state index contributed by atoms with van der Waals surface area (Å²) in [5.74, 6) is 0.626. The quantitative estimate of drug-likeness (QED) is 0.733. The van der Waals surface area contributed by atoms with Crippen molar-refractivity contribution in [2.45, 2.75) is 38.8 Å². The van der Waals surface area contributed by atoms with Crippen LogP contribution in [0.4, 0.5) is 0 Å². The topological polar surface area (TPSA) is 81.8 Å². The fraction of sp³-hybridized carbons (Fsp3) is 0.368. The number of nitrogens with zero attached hydrogens (tertiary/aromatic N) is 4. The van der Waals surface area contributed by atoms with Crippen LogP contribution in [0.3, 0.4) is 0 Å². The van der Waals surface area contributed by atoms with Crippen LogP contribution in [0, 0.1) is 6.92 Å². The molecule has 27 heavy (non-hydrogen) atoms. The lowest BCUT2D eigenvalue weighted by molar-refractivity contribution is 0.0934. The lowest BCUT2D eigenvalue weighted by Crippen LogP contribution is -2.36. The number of aryl methyl sites for hydroxylation is 3. The van der Waals surface area contributed by atoms with E-state index in [-0.39, 0.29) is 17.6 Å². The molecule has 4 rings (SSSR count). The average molecular weight is 386 g/mol. The Balaban J connectivity index is 1.58. The number of rotatable bonds is 2. The van der Waals surface area contributed by atoms with Gasteiger partial charge in [0.15, 0.2) is 0 Å². The Morgan fingerprint density at radius 1 is 1.33 bits per heavy atom. The molecule has 0 bridgehead atoms. The first-order valence-electron chi connectivity index (χ1n) is 8.93. The first kappa shape index (κ1) is 17.7. The van der Waals surface area contributed by atoms with Crippen LogP contribution in [0.5, 0.6) is 0 Å². The highest BCUT2D eigenvalue weighted by molar-refractivity contribution is 6.35. The number of carbonyl (C=O) groups excluding carboxylic acids is 1. The smallest absolute Gasteiger partial charge is 0.345 e. The van der Waals surface area contributed by atoms with E-state index < -0.39 is 0 Å². The van der Waals surface area contributed by atoms with Crippen LogP contribution in [0.25, 0.3) is 10.9 Å². The van der Waals surface area contributed by atoms with E-state index in [1.807, 2.05) is 19.1 Å². The maximum absolute atomic E-state index is 13.0.